The summed E-state index contributed by atoms with van der Waals surface area (Å²) in [6, 6.07) is 5.81. The van der Waals surface area contributed by atoms with Crippen LogP contribution in [0.15, 0.2) is 23.1 Å². The normalized spacial score (nSPS) is 12.5. The maximum atomic E-state index is 12.1. The van der Waals surface area contributed by atoms with Gasteiger partial charge < -0.3 is 11.1 Å². The molecule has 0 heterocycles. The molecule has 0 bridgehead atoms. The molecule has 0 saturated carbocycles. The van der Waals surface area contributed by atoms with Crippen molar-refractivity contribution in [2.45, 2.75) is 39.0 Å². The van der Waals surface area contributed by atoms with E-state index in [1.807, 2.05) is 39.0 Å². The van der Waals surface area contributed by atoms with Crippen molar-refractivity contribution in [3.05, 3.63) is 18.2 Å². The van der Waals surface area contributed by atoms with Gasteiger partial charge in [0.25, 0.3) is 0 Å². The van der Waals surface area contributed by atoms with E-state index in [2.05, 4.69) is 12.2 Å². The Hall–Kier alpha value is -1.16. The van der Waals surface area contributed by atoms with Crippen LogP contribution in [0, 0.1) is 11.8 Å². The van der Waals surface area contributed by atoms with Gasteiger partial charge in [-0.3, -0.25) is 4.79 Å². The average molecular weight is 280 g/mol. The van der Waals surface area contributed by atoms with Gasteiger partial charge in [0.1, 0.15) is 0 Å². The Morgan fingerprint density at radius 2 is 2.05 bits per heavy atom. The molecule has 0 aromatic heterocycles. The van der Waals surface area contributed by atoms with Gasteiger partial charge >= 0.3 is 0 Å². The molecule has 3 nitrogen and oxygen atoms in total. The van der Waals surface area contributed by atoms with Crippen LogP contribution in [-0.4, -0.2) is 11.7 Å². The SMILES string of the molecule is CCCSc1ccc(N)c(NC(=O)C(C)C(C)C)c1. The molecule has 0 aliphatic rings. The number of nitrogen functional groups attached to an aromatic ring is 1. The Bertz CT molecular complexity index is 432. The van der Waals surface area contributed by atoms with Crippen LogP contribution in [0.25, 0.3) is 0 Å². The number of hydrogen-bond donors (Lipinski definition) is 2. The summed E-state index contributed by atoms with van der Waals surface area (Å²) in [5.74, 6) is 1.39. The number of carbonyl (C=O) groups excluding carboxylic acids is 1. The summed E-state index contributed by atoms with van der Waals surface area (Å²) in [7, 11) is 0. The molecule has 4 heteroatoms. The molecule has 0 aliphatic carbocycles. The van der Waals surface area contributed by atoms with Crippen LogP contribution in [0.3, 0.4) is 0 Å². The molecule has 1 atom stereocenters. The summed E-state index contributed by atoms with van der Waals surface area (Å²) in [6.07, 6.45) is 1.13. The lowest BCUT2D eigenvalue weighted by atomic mass is 9.97. The molecule has 1 aromatic carbocycles. The zero-order valence-corrected chi connectivity index (χ0v) is 13.0. The Balaban J connectivity index is 2.79. The van der Waals surface area contributed by atoms with Crippen LogP contribution in [-0.2, 0) is 4.79 Å². The highest BCUT2D eigenvalue weighted by Crippen LogP contribution is 2.27. The summed E-state index contributed by atoms with van der Waals surface area (Å²) in [5.41, 5.74) is 7.26. The van der Waals surface area contributed by atoms with Crippen molar-refractivity contribution in [1.82, 2.24) is 0 Å². The fraction of sp³-hybridized carbons (Fsp3) is 0.533. The summed E-state index contributed by atoms with van der Waals surface area (Å²) < 4.78 is 0. The molecule has 0 aliphatic heterocycles. The molecule has 1 unspecified atom stereocenters. The van der Waals surface area contributed by atoms with E-state index in [1.54, 1.807) is 11.8 Å². The van der Waals surface area contributed by atoms with Gasteiger partial charge in [-0.05, 0) is 36.3 Å². The van der Waals surface area contributed by atoms with Crippen molar-refractivity contribution < 1.29 is 4.79 Å². The molecule has 0 spiro atoms. The minimum Gasteiger partial charge on any atom is -0.397 e. The van der Waals surface area contributed by atoms with E-state index >= 15 is 0 Å². The lowest BCUT2D eigenvalue weighted by Crippen LogP contribution is -2.24. The summed E-state index contributed by atoms with van der Waals surface area (Å²) >= 11 is 1.78. The third-order valence-corrected chi connectivity index (χ3v) is 4.37. The number of carbonyl (C=O) groups is 1. The van der Waals surface area contributed by atoms with Crippen molar-refractivity contribution in [1.29, 1.82) is 0 Å². The molecule has 1 rings (SSSR count). The van der Waals surface area contributed by atoms with Gasteiger partial charge in [-0.15, -0.1) is 11.8 Å². The Labute approximate surface area is 120 Å². The second kappa shape index (κ2) is 7.43. The van der Waals surface area contributed by atoms with E-state index < -0.39 is 0 Å². The average Bonchev–Trinajstić information content (AvgIpc) is 2.38. The van der Waals surface area contributed by atoms with Crippen molar-refractivity contribution in [3.63, 3.8) is 0 Å². The smallest absolute Gasteiger partial charge is 0.227 e. The van der Waals surface area contributed by atoms with Crippen LogP contribution in [0.4, 0.5) is 11.4 Å². The molecule has 106 valence electrons. The first-order valence-corrected chi connectivity index (χ1v) is 7.77. The predicted octanol–water partition coefficient (Wildman–Crippen LogP) is 4.00. The summed E-state index contributed by atoms with van der Waals surface area (Å²) in [6.45, 7) is 8.17. The zero-order valence-electron chi connectivity index (χ0n) is 12.2. The highest BCUT2D eigenvalue weighted by atomic mass is 32.2. The number of rotatable bonds is 6. The number of benzene rings is 1. The standard InChI is InChI=1S/C15H24N2OS/c1-5-8-19-12-6-7-13(16)14(9-12)17-15(18)11(4)10(2)3/h6-7,9-11H,5,8,16H2,1-4H3,(H,17,18). The first-order valence-electron chi connectivity index (χ1n) is 6.78. The molecule has 19 heavy (non-hydrogen) atoms. The first-order chi connectivity index (χ1) is 8.95. The molecule has 1 amide bonds. The fourth-order valence-corrected chi connectivity index (χ4v) is 2.31. The minimum atomic E-state index is -0.0219. The van der Waals surface area contributed by atoms with Crippen molar-refractivity contribution in [2.24, 2.45) is 11.8 Å². The number of thioether (sulfide) groups is 1. The van der Waals surface area contributed by atoms with Gasteiger partial charge in [-0.2, -0.15) is 0 Å². The number of anilines is 2. The molecule has 0 radical (unpaired) electrons. The predicted molar refractivity (Wildman–Crippen MR) is 84.5 cm³/mol. The quantitative estimate of drug-likeness (QED) is 0.611. The van der Waals surface area contributed by atoms with Crippen LogP contribution in [0.1, 0.15) is 34.1 Å². The molecular formula is C15H24N2OS. The third kappa shape index (κ3) is 4.78. The second-order valence-electron chi connectivity index (χ2n) is 5.12. The van der Waals surface area contributed by atoms with E-state index in [4.69, 9.17) is 5.73 Å². The van der Waals surface area contributed by atoms with Gasteiger partial charge in [-0.1, -0.05) is 27.7 Å². The van der Waals surface area contributed by atoms with E-state index in [0.717, 1.165) is 22.8 Å². The third-order valence-electron chi connectivity index (χ3n) is 3.17. The Kier molecular flexibility index (Phi) is 6.22. The number of hydrogen-bond acceptors (Lipinski definition) is 3. The van der Waals surface area contributed by atoms with Crippen LogP contribution in [0.5, 0.6) is 0 Å². The van der Waals surface area contributed by atoms with Crippen LogP contribution >= 0.6 is 11.8 Å². The molecule has 0 fully saturated rings. The highest BCUT2D eigenvalue weighted by Gasteiger charge is 2.17. The largest absolute Gasteiger partial charge is 0.397 e. The number of nitrogens with one attached hydrogen (secondary N) is 1. The maximum absolute atomic E-state index is 12.1. The highest BCUT2D eigenvalue weighted by molar-refractivity contribution is 7.99. The molecule has 1 aromatic rings. The lowest BCUT2D eigenvalue weighted by molar-refractivity contribution is -0.120. The molecular weight excluding hydrogens is 256 g/mol. The molecule has 3 N–H and O–H groups in total. The summed E-state index contributed by atoms with van der Waals surface area (Å²) in [4.78, 5) is 13.2. The van der Waals surface area contributed by atoms with Gasteiger partial charge in [-0.25, -0.2) is 0 Å². The van der Waals surface area contributed by atoms with E-state index in [0.29, 0.717) is 11.6 Å². The van der Waals surface area contributed by atoms with Gasteiger partial charge in [0.15, 0.2) is 0 Å². The van der Waals surface area contributed by atoms with E-state index in [9.17, 15) is 4.79 Å². The van der Waals surface area contributed by atoms with E-state index in [1.165, 1.54) is 0 Å². The minimum absolute atomic E-state index is 0.0219. The monoisotopic (exact) mass is 280 g/mol. The summed E-state index contributed by atoms with van der Waals surface area (Å²) in [5, 5.41) is 2.93. The topological polar surface area (TPSA) is 55.1 Å². The Morgan fingerprint density at radius 1 is 1.37 bits per heavy atom. The van der Waals surface area contributed by atoms with E-state index in [-0.39, 0.29) is 11.8 Å². The van der Waals surface area contributed by atoms with Gasteiger partial charge in [0, 0.05) is 10.8 Å². The van der Waals surface area contributed by atoms with Crippen LogP contribution < -0.4 is 11.1 Å². The fourth-order valence-electron chi connectivity index (χ4n) is 1.50. The zero-order chi connectivity index (χ0) is 14.4. The van der Waals surface area contributed by atoms with Crippen molar-refractivity contribution in [3.8, 4) is 0 Å². The number of nitrogens with two attached hydrogens (primary N) is 1. The van der Waals surface area contributed by atoms with Crippen LogP contribution in [0.2, 0.25) is 0 Å². The van der Waals surface area contributed by atoms with Gasteiger partial charge in [0.05, 0.1) is 11.4 Å². The van der Waals surface area contributed by atoms with Gasteiger partial charge in [0.2, 0.25) is 5.91 Å². The molecule has 0 saturated heterocycles. The maximum Gasteiger partial charge on any atom is 0.227 e. The number of amides is 1. The second-order valence-corrected chi connectivity index (χ2v) is 6.29. The van der Waals surface area contributed by atoms with Crippen molar-refractivity contribution >= 4 is 29.0 Å². The lowest BCUT2D eigenvalue weighted by Gasteiger charge is -2.16. The first kappa shape index (κ1) is 15.9. The van der Waals surface area contributed by atoms with Crippen molar-refractivity contribution in [2.75, 3.05) is 16.8 Å². The Morgan fingerprint density at radius 3 is 2.63 bits per heavy atom.